The lowest BCUT2D eigenvalue weighted by atomic mass is 10.3. The molecule has 4 aromatic rings. The first-order chi connectivity index (χ1) is 15.7. The molecule has 3 heterocycles. The Labute approximate surface area is 192 Å². The number of carbonyl (C=O) groups is 1. The predicted molar refractivity (Wildman–Crippen MR) is 121 cm³/mol. The number of nitrogens with one attached hydrogen (secondary N) is 1. The number of nitrogens with zero attached hydrogens (tertiary/aromatic N) is 4. The van der Waals surface area contributed by atoms with E-state index < -0.39 is 0 Å². The number of hydrogen-bond donors (Lipinski definition) is 1. The number of benzene rings is 1. The van der Waals surface area contributed by atoms with E-state index in [-0.39, 0.29) is 5.91 Å². The highest BCUT2D eigenvalue weighted by Gasteiger charge is 2.21. The summed E-state index contributed by atoms with van der Waals surface area (Å²) in [5, 5.41) is 14.7. The SMILES string of the molecule is COCCNC(=O)c1csc(CSc2nnc(-c3ccco3)n2-c2ccccc2OC)n1. The fourth-order valence-electron chi connectivity index (χ4n) is 2.93. The van der Waals surface area contributed by atoms with Crippen LogP contribution < -0.4 is 10.1 Å². The van der Waals surface area contributed by atoms with Crippen molar-refractivity contribution in [3.63, 3.8) is 0 Å². The Hall–Kier alpha value is -3.15. The van der Waals surface area contributed by atoms with Gasteiger partial charge in [-0.05, 0) is 24.3 Å². The molecule has 0 aliphatic heterocycles. The summed E-state index contributed by atoms with van der Waals surface area (Å²) in [4.78, 5) is 16.6. The highest BCUT2D eigenvalue weighted by molar-refractivity contribution is 7.98. The first-order valence-electron chi connectivity index (χ1n) is 9.68. The number of carbonyl (C=O) groups excluding carboxylic acids is 1. The maximum absolute atomic E-state index is 12.2. The maximum Gasteiger partial charge on any atom is 0.270 e. The van der Waals surface area contributed by atoms with Gasteiger partial charge in [-0.2, -0.15) is 0 Å². The lowest BCUT2D eigenvalue weighted by Crippen LogP contribution is -2.27. The summed E-state index contributed by atoms with van der Waals surface area (Å²) >= 11 is 2.89. The van der Waals surface area contributed by atoms with Crippen molar-refractivity contribution in [1.82, 2.24) is 25.1 Å². The van der Waals surface area contributed by atoms with Crippen molar-refractivity contribution in [3.05, 3.63) is 58.7 Å². The Balaban J connectivity index is 1.57. The smallest absolute Gasteiger partial charge is 0.270 e. The zero-order chi connectivity index (χ0) is 22.3. The first kappa shape index (κ1) is 22.1. The summed E-state index contributed by atoms with van der Waals surface area (Å²) in [7, 11) is 3.21. The van der Waals surface area contributed by atoms with Crippen LogP contribution in [-0.2, 0) is 10.5 Å². The summed E-state index contributed by atoms with van der Waals surface area (Å²) in [6, 6.07) is 11.3. The fourth-order valence-corrected chi connectivity index (χ4v) is 4.66. The van der Waals surface area contributed by atoms with Crippen molar-refractivity contribution < 1.29 is 18.7 Å². The van der Waals surface area contributed by atoms with Crippen LogP contribution >= 0.6 is 23.1 Å². The van der Waals surface area contributed by atoms with Crippen LogP contribution in [-0.4, -0.2) is 53.0 Å². The van der Waals surface area contributed by atoms with E-state index in [1.165, 1.54) is 23.1 Å². The number of thioether (sulfide) groups is 1. The second-order valence-electron chi connectivity index (χ2n) is 6.45. The maximum atomic E-state index is 12.2. The molecule has 32 heavy (non-hydrogen) atoms. The van der Waals surface area contributed by atoms with Gasteiger partial charge in [0.15, 0.2) is 10.9 Å². The van der Waals surface area contributed by atoms with Gasteiger partial charge in [-0.15, -0.1) is 21.5 Å². The number of thiazole rings is 1. The van der Waals surface area contributed by atoms with E-state index in [0.717, 1.165) is 10.7 Å². The van der Waals surface area contributed by atoms with Gasteiger partial charge >= 0.3 is 0 Å². The second kappa shape index (κ2) is 10.4. The molecule has 166 valence electrons. The minimum absolute atomic E-state index is 0.216. The van der Waals surface area contributed by atoms with Gasteiger partial charge in [0.2, 0.25) is 5.82 Å². The van der Waals surface area contributed by atoms with Gasteiger partial charge in [0.25, 0.3) is 5.91 Å². The van der Waals surface area contributed by atoms with Crippen LogP contribution in [0.1, 0.15) is 15.5 Å². The molecule has 4 rings (SSSR count). The molecule has 11 heteroatoms. The molecule has 1 N–H and O–H groups in total. The molecule has 1 amide bonds. The molecule has 0 fully saturated rings. The van der Waals surface area contributed by atoms with E-state index in [9.17, 15) is 4.79 Å². The lowest BCUT2D eigenvalue weighted by Gasteiger charge is -2.12. The van der Waals surface area contributed by atoms with Gasteiger partial charge in [0, 0.05) is 19.0 Å². The van der Waals surface area contributed by atoms with E-state index in [2.05, 4.69) is 20.5 Å². The summed E-state index contributed by atoms with van der Waals surface area (Å²) in [5.41, 5.74) is 1.19. The zero-order valence-corrected chi connectivity index (χ0v) is 19.1. The van der Waals surface area contributed by atoms with Gasteiger partial charge in [0.1, 0.15) is 16.5 Å². The molecule has 0 aliphatic rings. The largest absolute Gasteiger partial charge is 0.495 e. The van der Waals surface area contributed by atoms with Crippen LogP contribution in [0.5, 0.6) is 5.75 Å². The van der Waals surface area contributed by atoms with E-state index in [4.69, 9.17) is 13.9 Å². The number of furan rings is 1. The minimum Gasteiger partial charge on any atom is -0.495 e. The molecule has 0 spiro atoms. The molecule has 3 aromatic heterocycles. The molecule has 0 bridgehead atoms. The van der Waals surface area contributed by atoms with Crippen LogP contribution in [0.3, 0.4) is 0 Å². The topological polar surface area (TPSA) is 104 Å². The Bertz CT molecular complexity index is 1170. The monoisotopic (exact) mass is 471 g/mol. The van der Waals surface area contributed by atoms with Crippen LogP contribution in [0.2, 0.25) is 0 Å². The molecule has 0 aliphatic carbocycles. The highest BCUT2D eigenvalue weighted by atomic mass is 32.2. The molecule has 1 aromatic carbocycles. The third-order valence-electron chi connectivity index (χ3n) is 4.40. The van der Waals surface area contributed by atoms with Crippen molar-refractivity contribution in [1.29, 1.82) is 0 Å². The average Bonchev–Trinajstić information content (AvgIpc) is 3.58. The lowest BCUT2D eigenvalue weighted by molar-refractivity contribution is 0.0932. The van der Waals surface area contributed by atoms with Crippen molar-refractivity contribution in [2.24, 2.45) is 0 Å². The van der Waals surface area contributed by atoms with E-state index in [0.29, 0.717) is 47.1 Å². The van der Waals surface area contributed by atoms with Crippen molar-refractivity contribution >= 4 is 29.0 Å². The number of ether oxygens (including phenoxy) is 2. The van der Waals surface area contributed by atoms with Crippen LogP contribution in [0.15, 0.2) is 57.6 Å². The summed E-state index contributed by atoms with van der Waals surface area (Å²) < 4.78 is 18.0. The van der Waals surface area contributed by atoms with Gasteiger partial charge in [0.05, 0.1) is 31.4 Å². The second-order valence-corrected chi connectivity index (χ2v) is 8.34. The number of amides is 1. The van der Waals surface area contributed by atoms with Gasteiger partial charge in [-0.3, -0.25) is 9.36 Å². The third kappa shape index (κ3) is 4.85. The Morgan fingerprint density at radius 3 is 2.88 bits per heavy atom. The molecule has 0 atom stereocenters. The number of aromatic nitrogens is 4. The quantitative estimate of drug-likeness (QED) is 0.276. The van der Waals surface area contributed by atoms with Gasteiger partial charge < -0.3 is 19.2 Å². The summed E-state index contributed by atoms with van der Waals surface area (Å²) in [5.74, 6) is 2.17. The molecular weight excluding hydrogens is 450 g/mol. The molecular formula is C21H21N5O4S2. The standard InChI is InChI=1S/C21H21N5O4S2/c1-28-11-9-22-20(27)14-12-31-18(23-14)13-32-21-25-24-19(17-8-5-10-30-17)26(21)15-6-3-4-7-16(15)29-2/h3-8,10,12H,9,11,13H2,1-2H3,(H,22,27). The molecule has 0 saturated carbocycles. The number of hydrogen-bond acceptors (Lipinski definition) is 9. The van der Waals surface area contributed by atoms with Crippen LogP contribution in [0.25, 0.3) is 17.3 Å². The van der Waals surface area contributed by atoms with E-state index >= 15 is 0 Å². The number of rotatable bonds is 10. The average molecular weight is 472 g/mol. The third-order valence-corrected chi connectivity index (χ3v) is 6.37. The Morgan fingerprint density at radius 1 is 1.22 bits per heavy atom. The van der Waals surface area contributed by atoms with E-state index in [1.807, 2.05) is 34.9 Å². The molecule has 9 nitrogen and oxygen atoms in total. The molecule has 0 unspecified atom stereocenters. The molecule has 0 radical (unpaired) electrons. The summed E-state index contributed by atoms with van der Waals surface area (Å²) in [6.45, 7) is 0.893. The van der Waals surface area contributed by atoms with E-state index in [1.54, 1.807) is 31.9 Å². The fraction of sp³-hybridized carbons (Fsp3) is 0.238. The predicted octanol–water partition coefficient (Wildman–Crippen LogP) is 3.66. The number of methoxy groups -OCH3 is 2. The van der Waals surface area contributed by atoms with Gasteiger partial charge in [-0.25, -0.2) is 4.98 Å². The normalized spacial score (nSPS) is 10.9. The zero-order valence-electron chi connectivity index (χ0n) is 17.5. The van der Waals surface area contributed by atoms with Crippen molar-refractivity contribution in [2.45, 2.75) is 10.9 Å². The first-order valence-corrected chi connectivity index (χ1v) is 11.5. The van der Waals surface area contributed by atoms with Crippen LogP contribution in [0, 0.1) is 0 Å². The molecule has 0 saturated heterocycles. The van der Waals surface area contributed by atoms with Crippen molar-refractivity contribution in [3.8, 4) is 23.0 Å². The van der Waals surface area contributed by atoms with Gasteiger partial charge in [-0.1, -0.05) is 23.9 Å². The van der Waals surface area contributed by atoms with Crippen LogP contribution in [0.4, 0.5) is 0 Å². The van der Waals surface area contributed by atoms with Crippen molar-refractivity contribution in [2.75, 3.05) is 27.4 Å². The Kier molecular flexibility index (Phi) is 7.20. The Morgan fingerprint density at radius 2 is 2.09 bits per heavy atom. The number of para-hydroxylation sites is 2. The minimum atomic E-state index is -0.216. The highest BCUT2D eigenvalue weighted by Crippen LogP contribution is 2.34. The summed E-state index contributed by atoms with van der Waals surface area (Å²) in [6.07, 6.45) is 1.60.